The number of amides is 3. The summed E-state index contributed by atoms with van der Waals surface area (Å²) in [7, 11) is 3.92. The highest BCUT2D eigenvalue weighted by Crippen LogP contribution is 2.28. The first-order chi connectivity index (χ1) is 15.0. The topological polar surface area (TPSA) is 64.7 Å². The molecule has 0 saturated heterocycles. The van der Waals surface area contributed by atoms with E-state index < -0.39 is 0 Å². The molecule has 6 nitrogen and oxygen atoms in total. The highest BCUT2D eigenvalue weighted by atomic mass is 35.5. The Morgan fingerprint density at radius 3 is 2.22 bits per heavy atom. The number of benzene rings is 2. The molecule has 0 bridgehead atoms. The predicted molar refractivity (Wildman–Crippen MR) is 134 cm³/mol. The lowest BCUT2D eigenvalue weighted by Crippen LogP contribution is -2.41. The zero-order chi connectivity index (χ0) is 24.0. The van der Waals surface area contributed by atoms with E-state index in [1.807, 2.05) is 75.0 Å². The fourth-order valence-electron chi connectivity index (χ4n) is 3.39. The number of halogens is 1. The van der Waals surface area contributed by atoms with Gasteiger partial charge in [-0.05, 0) is 62.6 Å². The molecule has 0 radical (unpaired) electrons. The van der Waals surface area contributed by atoms with Crippen LogP contribution >= 0.6 is 11.6 Å². The van der Waals surface area contributed by atoms with E-state index in [2.05, 4.69) is 24.5 Å². The average molecular weight is 459 g/mol. The first-order valence-corrected chi connectivity index (χ1v) is 11.3. The van der Waals surface area contributed by atoms with E-state index in [1.165, 1.54) is 0 Å². The number of urea groups is 1. The second-order valence-electron chi connectivity index (χ2n) is 8.89. The highest BCUT2D eigenvalue weighted by molar-refractivity contribution is 6.33. The SMILES string of the molecule is CC(C)NC(=O)Nc1ccc(N(C)C)c(CN(C(=O)c2ccccc2Cl)C(C)C(C)C)c1. The minimum absolute atomic E-state index is 0.0189. The number of hydrogen-bond acceptors (Lipinski definition) is 3. The van der Waals surface area contributed by atoms with Crippen LogP contribution in [0, 0.1) is 5.92 Å². The van der Waals surface area contributed by atoms with Crippen LogP contribution in [0.3, 0.4) is 0 Å². The largest absolute Gasteiger partial charge is 0.377 e. The molecular weight excluding hydrogens is 424 g/mol. The molecule has 2 aromatic carbocycles. The summed E-state index contributed by atoms with van der Waals surface area (Å²) in [5.74, 6) is 0.139. The zero-order valence-corrected chi connectivity index (χ0v) is 20.8. The van der Waals surface area contributed by atoms with Crippen molar-refractivity contribution >= 4 is 34.9 Å². The maximum absolute atomic E-state index is 13.5. The van der Waals surface area contributed by atoms with Crippen LogP contribution in [0.2, 0.25) is 5.02 Å². The summed E-state index contributed by atoms with van der Waals surface area (Å²) < 4.78 is 0. The smallest absolute Gasteiger partial charge is 0.319 e. The average Bonchev–Trinajstić information content (AvgIpc) is 2.70. The first-order valence-electron chi connectivity index (χ1n) is 10.9. The van der Waals surface area contributed by atoms with Crippen molar-refractivity contribution in [2.75, 3.05) is 24.3 Å². The van der Waals surface area contributed by atoms with Gasteiger partial charge in [-0.3, -0.25) is 4.79 Å². The molecule has 7 heteroatoms. The summed E-state index contributed by atoms with van der Waals surface area (Å²) in [4.78, 5) is 29.6. The number of rotatable bonds is 8. The second kappa shape index (κ2) is 11.2. The van der Waals surface area contributed by atoms with Gasteiger partial charge in [0.15, 0.2) is 0 Å². The first kappa shape index (κ1) is 25.5. The fourth-order valence-corrected chi connectivity index (χ4v) is 3.61. The number of hydrogen-bond donors (Lipinski definition) is 2. The van der Waals surface area contributed by atoms with Crippen molar-refractivity contribution in [3.63, 3.8) is 0 Å². The second-order valence-corrected chi connectivity index (χ2v) is 9.30. The third-order valence-electron chi connectivity index (χ3n) is 5.40. The lowest BCUT2D eigenvalue weighted by atomic mass is 10.0. The summed E-state index contributed by atoms with van der Waals surface area (Å²) in [6.45, 7) is 10.4. The molecule has 0 spiro atoms. The molecule has 32 heavy (non-hydrogen) atoms. The quantitative estimate of drug-likeness (QED) is 0.539. The van der Waals surface area contributed by atoms with Crippen molar-refractivity contribution in [1.29, 1.82) is 0 Å². The third kappa shape index (κ3) is 6.63. The van der Waals surface area contributed by atoms with E-state index in [0.717, 1.165) is 11.3 Å². The Hall–Kier alpha value is -2.73. The van der Waals surface area contributed by atoms with E-state index in [9.17, 15) is 9.59 Å². The van der Waals surface area contributed by atoms with E-state index in [1.54, 1.807) is 12.1 Å². The van der Waals surface area contributed by atoms with Crippen LogP contribution in [0.15, 0.2) is 42.5 Å². The predicted octanol–water partition coefficient (Wildman–Crippen LogP) is 5.62. The Morgan fingerprint density at radius 1 is 1.00 bits per heavy atom. The molecule has 1 atom stereocenters. The molecule has 3 amide bonds. The molecule has 0 heterocycles. The van der Waals surface area contributed by atoms with Gasteiger partial charge in [0.05, 0.1) is 10.6 Å². The fraction of sp³-hybridized carbons (Fsp3) is 0.440. The number of anilines is 2. The van der Waals surface area contributed by atoms with E-state index >= 15 is 0 Å². The molecule has 0 fully saturated rings. The number of carbonyl (C=O) groups is 2. The normalized spacial score (nSPS) is 11.9. The molecule has 2 aromatic rings. The Morgan fingerprint density at radius 2 is 1.66 bits per heavy atom. The van der Waals surface area contributed by atoms with Crippen LogP contribution < -0.4 is 15.5 Å². The van der Waals surface area contributed by atoms with E-state index in [-0.39, 0.29) is 29.9 Å². The van der Waals surface area contributed by atoms with Crippen LogP contribution in [0.25, 0.3) is 0 Å². The minimum atomic E-state index is -0.261. The Bertz CT molecular complexity index is 943. The van der Waals surface area contributed by atoms with Gasteiger partial charge in [-0.25, -0.2) is 4.79 Å². The van der Waals surface area contributed by atoms with Crippen molar-refractivity contribution in [2.24, 2.45) is 5.92 Å². The Kier molecular flexibility index (Phi) is 8.96. The molecule has 0 aromatic heterocycles. The molecule has 0 aliphatic carbocycles. The summed E-state index contributed by atoms with van der Waals surface area (Å²) in [5.41, 5.74) is 3.07. The van der Waals surface area contributed by atoms with Gasteiger partial charge >= 0.3 is 6.03 Å². The van der Waals surface area contributed by atoms with Gasteiger partial charge in [0.25, 0.3) is 5.91 Å². The van der Waals surface area contributed by atoms with E-state index in [4.69, 9.17) is 11.6 Å². The van der Waals surface area contributed by atoms with Crippen LogP contribution in [0.1, 0.15) is 50.5 Å². The molecule has 0 saturated carbocycles. The maximum Gasteiger partial charge on any atom is 0.319 e. The van der Waals surface area contributed by atoms with Crippen molar-refractivity contribution < 1.29 is 9.59 Å². The lowest BCUT2D eigenvalue weighted by Gasteiger charge is -2.33. The summed E-state index contributed by atoms with van der Waals surface area (Å²) in [6, 6.07) is 12.6. The van der Waals surface area contributed by atoms with Crippen molar-refractivity contribution in [1.82, 2.24) is 10.2 Å². The Balaban J connectivity index is 2.44. The van der Waals surface area contributed by atoms with Gasteiger partial charge in [-0.2, -0.15) is 0 Å². The standard InChI is InChI=1S/C25H35ClN4O2/c1-16(2)18(5)30(24(31)21-10-8-9-11-22(21)26)15-19-14-20(12-13-23(19)29(6)7)28-25(32)27-17(3)4/h8-14,16-18H,15H2,1-7H3,(H2,27,28,32). The lowest BCUT2D eigenvalue weighted by molar-refractivity contribution is 0.0628. The van der Waals surface area contributed by atoms with Gasteiger partial charge < -0.3 is 20.4 Å². The van der Waals surface area contributed by atoms with Gasteiger partial charge in [0, 0.05) is 44.1 Å². The van der Waals surface area contributed by atoms with Crippen molar-refractivity contribution in [3.8, 4) is 0 Å². The molecule has 2 N–H and O–H groups in total. The number of carbonyl (C=O) groups excluding carboxylic acids is 2. The summed E-state index contributed by atoms with van der Waals surface area (Å²) in [6.07, 6.45) is 0. The van der Waals surface area contributed by atoms with Gasteiger partial charge in [-0.1, -0.05) is 37.6 Å². The number of nitrogens with zero attached hydrogens (tertiary/aromatic N) is 2. The molecular formula is C25H35ClN4O2. The monoisotopic (exact) mass is 458 g/mol. The molecule has 174 valence electrons. The van der Waals surface area contributed by atoms with Gasteiger partial charge in [-0.15, -0.1) is 0 Å². The third-order valence-corrected chi connectivity index (χ3v) is 5.73. The highest BCUT2D eigenvalue weighted by Gasteiger charge is 2.26. The van der Waals surface area contributed by atoms with Crippen LogP contribution in [0.5, 0.6) is 0 Å². The summed E-state index contributed by atoms with van der Waals surface area (Å²) >= 11 is 6.35. The van der Waals surface area contributed by atoms with Crippen LogP contribution in [0.4, 0.5) is 16.2 Å². The maximum atomic E-state index is 13.5. The molecule has 2 rings (SSSR count). The van der Waals surface area contributed by atoms with Crippen molar-refractivity contribution in [3.05, 3.63) is 58.6 Å². The minimum Gasteiger partial charge on any atom is -0.377 e. The Labute approximate surface area is 196 Å². The van der Waals surface area contributed by atoms with Crippen LogP contribution in [-0.2, 0) is 6.54 Å². The summed E-state index contributed by atoms with van der Waals surface area (Å²) in [5, 5.41) is 6.15. The zero-order valence-electron chi connectivity index (χ0n) is 20.1. The van der Waals surface area contributed by atoms with Gasteiger partial charge in [0.2, 0.25) is 0 Å². The number of nitrogens with one attached hydrogen (secondary N) is 2. The van der Waals surface area contributed by atoms with Crippen LogP contribution in [-0.4, -0.2) is 43.0 Å². The van der Waals surface area contributed by atoms with E-state index in [0.29, 0.717) is 22.8 Å². The molecule has 0 aliphatic heterocycles. The molecule has 0 aliphatic rings. The van der Waals surface area contributed by atoms with Crippen molar-refractivity contribution in [2.45, 2.75) is 53.2 Å². The molecule has 1 unspecified atom stereocenters. The van der Waals surface area contributed by atoms with Gasteiger partial charge in [0.1, 0.15) is 0 Å².